The van der Waals surface area contributed by atoms with Gasteiger partial charge in [0.2, 0.25) is 0 Å². The Morgan fingerprint density at radius 2 is 1.87 bits per heavy atom. The van der Waals surface area contributed by atoms with Gasteiger partial charge in [-0.3, -0.25) is 4.90 Å². The van der Waals surface area contributed by atoms with Gasteiger partial charge < -0.3 is 5.32 Å². The molecule has 15 heavy (non-hydrogen) atoms. The van der Waals surface area contributed by atoms with Crippen LogP contribution in [0.2, 0.25) is 0 Å². The van der Waals surface area contributed by atoms with E-state index in [0.717, 1.165) is 18.0 Å². The highest BCUT2D eigenvalue weighted by Crippen LogP contribution is 2.29. The average molecular weight is 208 g/mol. The molecule has 0 amide bonds. The standard InChI is InChI=1S/C13H24N2/c1-2-8-15-9-7-12(13(15)6-1)14-10-11-4-3-5-11/h11-14H,1-10H2. The number of nitrogens with one attached hydrogen (secondary N) is 1. The fourth-order valence-corrected chi connectivity index (χ4v) is 3.50. The highest BCUT2D eigenvalue weighted by atomic mass is 15.2. The van der Waals surface area contributed by atoms with E-state index in [4.69, 9.17) is 0 Å². The first-order valence-electron chi connectivity index (χ1n) is 6.91. The zero-order valence-corrected chi connectivity index (χ0v) is 9.75. The minimum absolute atomic E-state index is 0.825. The van der Waals surface area contributed by atoms with E-state index in [9.17, 15) is 0 Å². The lowest BCUT2D eigenvalue weighted by Crippen LogP contribution is -2.46. The number of rotatable bonds is 3. The Labute approximate surface area is 93.4 Å². The van der Waals surface area contributed by atoms with Gasteiger partial charge in [0.15, 0.2) is 0 Å². The second kappa shape index (κ2) is 4.42. The number of fused-ring (bicyclic) bond motifs is 1. The zero-order chi connectivity index (χ0) is 10.1. The third-order valence-corrected chi connectivity index (χ3v) is 4.75. The quantitative estimate of drug-likeness (QED) is 0.763. The summed E-state index contributed by atoms with van der Waals surface area (Å²) in [6, 6.07) is 1.71. The molecular weight excluding hydrogens is 184 g/mol. The van der Waals surface area contributed by atoms with Gasteiger partial charge in [-0.25, -0.2) is 0 Å². The van der Waals surface area contributed by atoms with Crippen molar-refractivity contribution in [2.75, 3.05) is 19.6 Å². The van der Waals surface area contributed by atoms with Crippen LogP contribution < -0.4 is 5.32 Å². The molecule has 0 radical (unpaired) electrons. The summed E-state index contributed by atoms with van der Waals surface area (Å²) >= 11 is 0. The fraction of sp³-hybridized carbons (Fsp3) is 1.00. The fourth-order valence-electron chi connectivity index (χ4n) is 3.50. The molecule has 2 heteroatoms. The molecule has 2 nitrogen and oxygen atoms in total. The molecule has 1 saturated carbocycles. The SMILES string of the molecule is C1CC(CNC2CCN3CCCCC23)C1. The minimum Gasteiger partial charge on any atom is -0.312 e. The highest BCUT2D eigenvalue weighted by Gasteiger charge is 2.35. The monoisotopic (exact) mass is 208 g/mol. The molecule has 0 aromatic carbocycles. The van der Waals surface area contributed by atoms with Gasteiger partial charge in [-0.2, -0.15) is 0 Å². The molecule has 86 valence electrons. The van der Waals surface area contributed by atoms with Crippen LogP contribution >= 0.6 is 0 Å². The Morgan fingerprint density at radius 1 is 0.933 bits per heavy atom. The average Bonchev–Trinajstić information content (AvgIpc) is 2.60. The van der Waals surface area contributed by atoms with Gasteiger partial charge in [0.25, 0.3) is 0 Å². The molecule has 0 spiro atoms. The van der Waals surface area contributed by atoms with Crippen molar-refractivity contribution in [1.29, 1.82) is 0 Å². The Bertz CT molecular complexity index is 213. The van der Waals surface area contributed by atoms with Crippen LogP contribution in [0, 0.1) is 5.92 Å². The molecule has 0 aromatic rings. The van der Waals surface area contributed by atoms with Crippen molar-refractivity contribution in [2.24, 2.45) is 5.92 Å². The van der Waals surface area contributed by atoms with E-state index in [1.807, 2.05) is 0 Å². The molecule has 3 aliphatic rings. The Morgan fingerprint density at radius 3 is 2.67 bits per heavy atom. The Hall–Kier alpha value is -0.0800. The van der Waals surface area contributed by atoms with E-state index in [1.54, 1.807) is 0 Å². The first-order chi connectivity index (χ1) is 7.43. The van der Waals surface area contributed by atoms with Crippen LogP contribution in [0.3, 0.4) is 0 Å². The van der Waals surface area contributed by atoms with Gasteiger partial charge >= 0.3 is 0 Å². The van der Waals surface area contributed by atoms with Crippen molar-refractivity contribution in [3.63, 3.8) is 0 Å². The first kappa shape index (κ1) is 10.1. The number of piperidine rings is 1. The van der Waals surface area contributed by atoms with Crippen LogP contribution in [0.25, 0.3) is 0 Å². The molecule has 1 aliphatic carbocycles. The summed E-state index contributed by atoms with van der Waals surface area (Å²) in [6.07, 6.45) is 10.2. The number of hydrogen-bond donors (Lipinski definition) is 1. The van der Waals surface area contributed by atoms with Crippen LogP contribution in [0.1, 0.15) is 44.9 Å². The molecule has 0 aromatic heterocycles. The second-order valence-electron chi connectivity index (χ2n) is 5.70. The largest absolute Gasteiger partial charge is 0.312 e. The first-order valence-corrected chi connectivity index (χ1v) is 6.91. The summed E-state index contributed by atoms with van der Waals surface area (Å²) in [4.78, 5) is 2.72. The predicted octanol–water partition coefficient (Wildman–Crippen LogP) is 2.00. The lowest BCUT2D eigenvalue weighted by molar-refractivity contribution is 0.175. The lowest BCUT2D eigenvalue weighted by Gasteiger charge is -2.34. The van der Waals surface area contributed by atoms with Gasteiger partial charge in [0, 0.05) is 18.6 Å². The van der Waals surface area contributed by atoms with Gasteiger partial charge in [-0.1, -0.05) is 12.8 Å². The summed E-state index contributed by atoms with van der Waals surface area (Å²) < 4.78 is 0. The molecule has 2 unspecified atom stereocenters. The van der Waals surface area contributed by atoms with Crippen molar-refractivity contribution in [1.82, 2.24) is 10.2 Å². The van der Waals surface area contributed by atoms with Gasteiger partial charge in [-0.05, 0) is 51.1 Å². The minimum atomic E-state index is 0.825. The Kier molecular flexibility index (Phi) is 2.98. The van der Waals surface area contributed by atoms with Crippen LogP contribution in [-0.4, -0.2) is 36.6 Å². The van der Waals surface area contributed by atoms with Crippen molar-refractivity contribution < 1.29 is 0 Å². The van der Waals surface area contributed by atoms with Crippen molar-refractivity contribution in [2.45, 2.75) is 57.0 Å². The zero-order valence-electron chi connectivity index (χ0n) is 9.75. The lowest BCUT2D eigenvalue weighted by atomic mass is 9.85. The maximum absolute atomic E-state index is 3.84. The maximum Gasteiger partial charge on any atom is 0.0249 e. The highest BCUT2D eigenvalue weighted by molar-refractivity contribution is 4.94. The van der Waals surface area contributed by atoms with E-state index in [0.29, 0.717) is 0 Å². The molecule has 2 atom stereocenters. The summed E-state index contributed by atoms with van der Waals surface area (Å²) in [5.74, 6) is 1.02. The van der Waals surface area contributed by atoms with Crippen LogP contribution in [0.15, 0.2) is 0 Å². The molecule has 3 fully saturated rings. The molecule has 3 rings (SSSR count). The van der Waals surface area contributed by atoms with Crippen LogP contribution in [0.5, 0.6) is 0 Å². The van der Waals surface area contributed by atoms with Gasteiger partial charge in [-0.15, -0.1) is 0 Å². The number of nitrogens with zero attached hydrogens (tertiary/aromatic N) is 1. The van der Waals surface area contributed by atoms with Crippen molar-refractivity contribution in [3.8, 4) is 0 Å². The molecule has 1 N–H and O–H groups in total. The van der Waals surface area contributed by atoms with Crippen LogP contribution in [-0.2, 0) is 0 Å². The molecule has 2 saturated heterocycles. The molecule has 2 heterocycles. The second-order valence-corrected chi connectivity index (χ2v) is 5.70. The van der Waals surface area contributed by atoms with E-state index >= 15 is 0 Å². The van der Waals surface area contributed by atoms with E-state index < -0.39 is 0 Å². The molecule has 2 aliphatic heterocycles. The van der Waals surface area contributed by atoms with Crippen LogP contribution in [0.4, 0.5) is 0 Å². The summed E-state index contributed by atoms with van der Waals surface area (Å²) in [7, 11) is 0. The smallest absolute Gasteiger partial charge is 0.0249 e. The van der Waals surface area contributed by atoms with Gasteiger partial charge in [0.1, 0.15) is 0 Å². The Balaban J connectivity index is 1.48. The van der Waals surface area contributed by atoms with E-state index in [1.165, 1.54) is 64.6 Å². The predicted molar refractivity (Wildman–Crippen MR) is 63.0 cm³/mol. The summed E-state index contributed by atoms with van der Waals surface area (Å²) in [5, 5.41) is 3.84. The van der Waals surface area contributed by atoms with Gasteiger partial charge in [0.05, 0.1) is 0 Å². The third kappa shape index (κ3) is 2.07. The third-order valence-electron chi connectivity index (χ3n) is 4.75. The molecule has 0 bridgehead atoms. The van der Waals surface area contributed by atoms with E-state index in [-0.39, 0.29) is 0 Å². The summed E-state index contributed by atoms with van der Waals surface area (Å²) in [5.41, 5.74) is 0. The summed E-state index contributed by atoms with van der Waals surface area (Å²) in [6.45, 7) is 4.02. The topological polar surface area (TPSA) is 15.3 Å². The van der Waals surface area contributed by atoms with Crippen molar-refractivity contribution in [3.05, 3.63) is 0 Å². The van der Waals surface area contributed by atoms with E-state index in [2.05, 4.69) is 10.2 Å². The molecular formula is C13H24N2. The maximum atomic E-state index is 3.84. The number of hydrogen-bond acceptors (Lipinski definition) is 2. The van der Waals surface area contributed by atoms with Crippen molar-refractivity contribution >= 4 is 0 Å². The normalized spacial score (nSPS) is 37.6.